The molecule has 1 aliphatic heterocycles. The van der Waals surface area contributed by atoms with Crippen molar-refractivity contribution >= 4 is 40.8 Å². The van der Waals surface area contributed by atoms with Gasteiger partial charge in [-0.05, 0) is 54.9 Å². The number of rotatable bonds is 8. The third-order valence-corrected chi connectivity index (χ3v) is 6.26. The van der Waals surface area contributed by atoms with Crippen LogP contribution in [0.4, 0.5) is 23.1 Å². The lowest BCUT2D eigenvalue weighted by atomic mass is 10.1. The van der Waals surface area contributed by atoms with Crippen molar-refractivity contribution in [1.82, 2.24) is 20.2 Å². The lowest BCUT2D eigenvalue weighted by Crippen LogP contribution is -2.37. The molecule has 9 heteroatoms. The molecule has 0 bridgehead atoms. The summed E-state index contributed by atoms with van der Waals surface area (Å²) >= 11 is 1.48. The van der Waals surface area contributed by atoms with Gasteiger partial charge in [0.05, 0.1) is 6.42 Å². The van der Waals surface area contributed by atoms with E-state index in [2.05, 4.69) is 30.7 Å². The molecule has 0 radical (unpaired) electrons. The molecule has 2 aromatic carbocycles. The Balaban J connectivity index is 1.27. The average Bonchev–Trinajstić information content (AvgIpc) is 3.19. The number of amides is 1. The number of carbonyl (C=O) groups is 1. The highest BCUT2D eigenvalue weighted by atomic mass is 32.2. The third-order valence-electron chi connectivity index (χ3n) is 5.39. The fraction of sp³-hybridized carbons (Fsp3) is 0.200. The summed E-state index contributed by atoms with van der Waals surface area (Å²) in [5, 5.41) is 14.0. The molecular weight excluding hydrogens is 446 g/mol. The second kappa shape index (κ2) is 9.96. The summed E-state index contributed by atoms with van der Waals surface area (Å²) in [6, 6.07) is 21.3. The molecule has 5 rings (SSSR count). The number of nitrogens with one attached hydrogen (secondary N) is 3. The summed E-state index contributed by atoms with van der Waals surface area (Å²) in [6.07, 6.45) is 1.52. The van der Waals surface area contributed by atoms with Crippen LogP contribution in [-0.2, 0) is 11.2 Å². The second-order valence-electron chi connectivity index (χ2n) is 8.13. The molecule has 0 aliphatic carbocycles. The van der Waals surface area contributed by atoms with Gasteiger partial charge < -0.3 is 15.5 Å². The van der Waals surface area contributed by atoms with Crippen molar-refractivity contribution in [2.24, 2.45) is 0 Å². The van der Waals surface area contributed by atoms with E-state index in [-0.39, 0.29) is 5.91 Å². The van der Waals surface area contributed by atoms with E-state index in [4.69, 9.17) is 4.98 Å². The van der Waals surface area contributed by atoms with Crippen molar-refractivity contribution in [3.05, 3.63) is 78.0 Å². The van der Waals surface area contributed by atoms with Gasteiger partial charge in [-0.1, -0.05) is 30.3 Å². The van der Waals surface area contributed by atoms with Gasteiger partial charge in [-0.15, -0.1) is 0 Å². The van der Waals surface area contributed by atoms with Crippen molar-refractivity contribution in [3.63, 3.8) is 0 Å². The molecule has 3 N–H and O–H groups in total. The number of benzene rings is 2. The van der Waals surface area contributed by atoms with Crippen molar-refractivity contribution < 1.29 is 4.79 Å². The largest absolute Gasteiger partial charge is 0.356 e. The van der Waals surface area contributed by atoms with E-state index in [1.807, 2.05) is 73.7 Å². The molecule has 0 saturated carbocycles. The minimum atomic E-state index is -0.0403. The van der Waals surface area contributed by atoms with Crippen LogP contribution in [0.2, 0.25) is 0 Å². The van der Waals surface area contributed by atoms with Gasteiger partial charge in [0.25, 0.3) is 0 Å². The smallest absolute Gasteiger partial charge is 0.228 e. The minimum absolute atomic E-state index is 0.0403. The van der Waals surface area contributed by atoms with E-state index in [1.165, 1.54) is 18.2 Å². The van der Waals surface area contributed by atoms with Gasteiger partial charge in [-0.2, -0.15) is 5.10 Å². The fourth-order valence-corrected chi connectivity index (χ4v) is 4.31. The van der Waals surface area contributed by atoms with Crippen LogP contribution in [0.3, 0.4) is 0 Å². The first-order valence-electron chi connectivity index (χ1n) is 11.2. The van der Waals surface area contributed by atoms with Crippen molar-refractivity contribution in [2.75, 3.05) is 28.6 Å². The number of carbonyl (C=O) groups excluding carboxylic acids is 1. The van der Waals surface area contributed by atoms with E-state index in [9.17, 15) is 4.79 Å². The summed E-state index contributed by atoms with van der Waals surface area (Å²) in [6.45, 7) is 3.96. The fourth-order valence-electron chi connectivity index (χ4n) is 3.54. The number of aromatic amines is 1. The zero-order valence-electron chi connectivity index (χ0n) is 18.8. The van der Waals surface area contributed by atoms with Crippen LogP contribution in [0.15, 0.2) is 76.8 Å². The molecule has 1 fully saturated rings. The van der Waals surface area contributed by atoms with E-state index in [1.54, 1.807) is 0 Å². The summed E-state index contributed by atoms with van der Waals surface area (Å²) in [7, 11) is 0. The van der Waals surface area contributed by atoms with E-state index in [0.717, 1.165) is 46.6 Å². The molecule has 4 aromatic rings. The zero-order valence-corrected chi connectivity index (χ0v) is 19.6. The van der Waals surface area contributed by atoms with E-state index < -0.39 is 0 Å². The molecule has 3 heterocycles. The highest BCUT2D eigenvalue weighted by Gasteiger charge is 2.18. The number of nitrogens with zero attached hydrogens (tertiary/aromatic N) is 4. The lowest BCUT2D eigenvalue weighted by Gasteiger charge is -2.32. The van der Waals surface area contributed by atoms with Crippen LogP contribution >= 0.6 is 11.8 Å². The van der Waals surface area contributed by atoms with E-state index in [0.29, 0.717) is 17.4 Å². The molecule has 172 valence electrons. The quantitative estimate of drug-likeness (QED) is 0.318. The van der Waals surface area contributed by atoms with Crippen LogP contribution in [-0.4, -0.2) is 39.2 Å². The average molecular weight is 472 g/mol. The maximum Gasteiger partial charge on any atom is 0.228 e. The van der Waals surface area contributed by atoms with Crippen molar-refractivity contribution in [1.29, 1.82) is 0 Å². The lowest BCUT2D eigenvalue weighted by molar-refractivity contribution is -0.115. The van der Waals surface area contributed by atoms with Crippen molar-refractivity contribution in [3.8, 4) is 0 Å². The Bertz CT molecular complexity index is 1270. The molecule has 2 aromatic heterocycles. The normalized spacial score (nSPS) is 12.8. The van der Waals surface area contributed by atoms with Crippen LogP contribution in [0.1, 0.15) is 17.7 Å². The Labute approximate surface area is 202 Å². The SMILES string of the molecule is Cc1cc(Nc2cc(N3CCC3)nc(Sc3ccc(NC(=O)Cc4ccccc4)cc3)n2)n[nH]1. The first-order chi connectivity index (χ1) is 16.6. The second-order valence-corrected chi connectivity index (χ2v) is 9.17. The van der Waals surface area contributed by atoms with Gasteiger partial charge >= 0.3 is 0 Å². The highest BCUT2D eigenvalue weighted by molar-refractivity contribution is 7.99. The first kappa shape index (κ1) is 22.0. The molecule has 0 spiro atoms. The van der Waals surface area contributed by atoms with Gasteiger partial charge in [0, 0.05) is 41.5 Å². The monoisotopic (exact) mass is 471 g/mol. The Morgan fingerprint density at radius 2 is 1.82 bits per heavy atom. The van der Waals surface area contributed by atoms with Gasteiger partial charge in [0.2, 0.25) is 5.91 Å². The molecule has 34 heavy (non-hydrogen) atoms. The molecular formula is C25H25N7OS. The first-order valence-corrected chi connectivity index (χ1v) is 12.0. The molecule has 1 saturated heterocycles. The zero-order chi connectivity index (χ0) is 23.3. The maximum atomic E-state index is 12.3. The molecule has 1 amide bonds. The summed E-state index contributed by atoms with van der Waals surface area (Å²) in [5.74, 6) is 2.29. The van der Waals surface area contributed by atoms with Gasteiger partial charge in [-0.3, -0.25) is 9.89 Å². The standard InChI is InChI=1S/C25H25N7OS/c1-17-14-22(31-30-17)27-21-16-23(32-12-5-13-32)29-25(28-21)34-20-10-8-19(9-11-20)26-24(33)15-18-6-3-2-4-7-18/h2-4,6-11,14,16H,5,12-13,15H2,1H3,(H,26,33)(H2,27,28,29,30,31). The Hall–Kier alpha value is -3.85. The molecule has 1 aliphatic rings. The Morgan fingerprint density at radius 3 is 2.50 bits per heavy atom. The maximum absolute atomic E-state index is 12.3. The summed E-state index contributed by atoms with van der Waals surface area (Å²) < 4.78 is 0. The predicted octanol–water partition coefficient (Wildman–Crippen LogP) is 4.79. The van der Waals surface area contributed by atoms with Crippen LogP contribution in [0.25, 0.3) is 0 Å². The molecule has 0 unspecified atom stereocenters. The van der Waals surface area contributed by atoms with Gasteiger partial charge in [0.1, 0.15) is 11.6 Å². The Kier molecular flexibility index (Phi) is 6.44. The number of anilines is 4. The summed E-state index contributed by atoms with van der Waals surface area (Å²) in [5.41, 5.74) is 2.72. The Morgan fingerprint density at radius 1 is 1.03 bits per heavy atom. The van der Waals surface area contributed by atoms with Crippen LogP contribution in [0.5, 0.6) is 0 Å². The number of aromatic nitrogens is 4. The molecule has 8 nitrogen and oxygen atoms in total. The van der Waals surface area contributed by atoms with Gasteiger partial charge in [-0.25, -0.2) is 9.97 Å². The minimum Gasteiger partial charge on any atom is -0.356 e. The highest BCUT2D eigenvalue weighted by Crippen LogP contribution is 2.31. The molecule has 0 atom stereocenters. The van der Waals surface area contributed by atoms with Crippen molar-refractivity contribution in [2.45, 2.75) is 29.8 Å². The van der Waals surface area contributed by atoms with E-state index >= 15 is 0 Å². The number of aryl methyl sites for hydroxylation is 1. The van der Waals surface area contributed by atoms with Crippen LogP contribution in [0, 0.1) is 6.92 Å². The summed E-state index contributed by atoms with van der Waals surface area (Å²) in [4.78, 5) is 25.0. The third kappa shape index (κ3) is 5.55. The topological polar surface area (TPSA) is 98.8 Å². The predicted molar refractivity (Wildman–Crippen MR) is 135 cm³/mol. The van der Waals surface area contributed by atoms with Gasteiger partial charge in [0.15, 0.2) is 11.0 Å². The number of hydrogen-bond acceptors (Lipinski definition) is 7. The number of H-pyrrole nitrogens is 1. The van der Waals surface area contributed by atoms with Crippen LogP contribution < -0.4 is 15.5 Å². The number of hydrogen-bond donors (Lipinski definition) is 3.